The summed E-state index contributed by atoms with van der Waals surface area (Å²) < 4.78 is 12.5. The molecule has 104 valence electrons. The van der Waals surface area contributed by atoms with E-state index >= 15 is 0 Å². The van der Waals surface area contributed by atoms with Gasteiger partial charge in [-0.1, -0.05) is 12.1 Å². The highest BCUT2D eigenvalue weighted by molar-refractivity contribution is 5.20. The van der Waals surface area contributed by atoms with Crippen LogP contribution in [-0.2, 0) is 22.4 Å². The Morgan fingerprint density at radius 1 is 1.63 bits per heavy atom. The van der Waals surface area contributed by atoms with Crippen LogP contribution in [0.25, 0.3) is 0 Å². The van der Waals surface area contributed by atoms with Crippen LogP contribution in [0, 0.1) is 17.2 Å². The van der Waals surface area contributed by atoms with Crippen LogP contribution in [0.2, 0.25) is 0 Å². The van der Waals surface area contributed by atoms with Crippen molar-refractivity contribution in [3.05, 3.63) is 11.4 Å². The normalized spacial score (nSPS) is 20.4. The zero-order valence-corrected chi connectivity index (χ0v) is 11.5. The average molecular weight is 264 g/mol. The third-order valence-corrected chi connectivity index (χ3v) is 3.35. The molecule has 1 aromatic rings. The van der Waals surface area contributed by atoms with Gasteiger partial charge in [0.05, 0.1) is 31.4 Å². The molecule has 2 rings (SSSR count). The Morgan fingerprint density at radius 3 is 3.11 bits per heavy atom. The number of ether oxygens (including phenoxy) is 2. The van der Waals surface area contributed by atoms with Crippen LogP contribution in [0.3, 0.4) is 0 Å². The highest BCUT2D eigenvalue weighted by Gasteiger charge is 2.26. The molecule has 0 bridgehead atoms. The van der Waals surface area contributed by atoms with E-state index < -0.39 is 0 Å². The summed E-state index contributed by atoms with van der Waals surface area (Å²) in [6.45, 7) is 5.04. The van der Waals surface area contributed by atoms with E-state index in [1.54, 1.807) is 7.11 Å². The topological polar surface area (TPSA) is 73.0 Å². The lowest BCUT2D eigenvalue weighted by Crippen LogP contribution is -2.18. The highest BCUT2D eigenvalue weighted by atomic mass is 16.5. The number of nitrogens with zero attached hydrogens (tertiary/aromatic N) is 4. The summed E-state index contributed by atoms with van der Waals surface area (Å²) in [6.07, 6.45) is 1.29. The van der Waals surface area contributed by atoms with Crippen molar-refractivity contribution in [2.75, 3.05) is 26.9 Å². The highest BCUT2D eigenvalue weighted by Crippen LogP contribution is 2.27. The molecular formula is C13H20N4O2. The van der Waals surface area contributed by atoms with E-state index in [1.165, 1.54) is 0 Å². The van der Waals surface area contributed by atoms with Crippen LogP contribution in [0.15, 0.2) is 0 Å². The van der Waals surface area contributed by atoms with Gasteiger partial charge in [0.15, 0.2) is 0 Å². The number of aromatic nitrogens is 3. The molecule has 1 aliphatic rings. The maximum atomic E-state index is 8.88. The largest absolute Gasteiger partial charge is 0.384 e. The van der Waals surface area contributed by atoms with E-state index in [9.17, 15) is 0 Å². The van der Waals surface area contributed by atoms with Gasteiger partial charge in [-0.2, -0.15) is 5.26 Å². The molecule has 1 fully saturated rings. The zero-order valence-electron chi connectivity index (χ0n) is 11.5. The molecule has 0 aromatic carbocycles. The Bertz CT molecular complexity index is 446. The van der Waals surface area contributed by atoms with E-state index in [4.69, 9.17) is 14.7 Å². The van der Waals surface area contributed by atoms with Crippen molar-refractivity contribution in [3.8, 4) is 6.07 Å². The van der Waals surface area contributed by atoms with Crippen molar-refractivity contribution in [1.82, 2.24) is 15.0 Å². The Morgan fingerprint density at radius 2 is 2.47 bits per heavy atom. The molecular weight excluding hydrogens is 244 g/mol. The Labute approximate surface area is 113 Å². The first-order valence-electron chi connectivity index (χ1n) is 6.62. The predicted octanol–water partition coefficient (Wildman–Crippen LogP) is 1.13. The molecule has 0 radical (unpaired) electrons. The third-order valence-electron chi connectivity index (χ3n) is 3.35. The molecule has 6 heteroatoms. The molecule has 1 aliphatic heterocycles. The minimum atomic E-state index is 0.310. The van der Waals surface area contributed by atoms with Crippen molar-refractivity contribution >= 4 is 0 Å². The fourth-order valence-electron chi connectivity index (χ4n) is 2.52. The van der Waals surface area contributed by atoms with Gasteiger partial charge < -0.3 is 9.47 Å². The molecule has 0 aliphatic carbocycles. The van der Waals surface area contributed by atoms with Crippen molar-refractivity contribution in [1.29, 1.82) is 5.26 Å². The minimum absolute atomic E-state index is 0.310. The van der Waals surface area contributed by atoms with Gasteiger partial charge in [0.25, 0.3) is 0 Å². The molecule has 0 N–H and O–H groups in total. The minimum Gasteiger partial charge on any atom is -0.384 e. The molecule has 6 nitrogen and oxygen atoms in total. The van der Waals surface area contributed by atoms with Crippen molar-refractivity contribution in [3.63, 3.8) is 0 Å². The quantitative estimate of drug-likeness (QED) is 0.770. The van der Waals surface area contributed by atoms with Gasteiger partial charge in [0.2, 0.25) is 0 Å². The summed E-state index contributed by atoms with van der Waals surface area (Å²) in [7, 11) is 1.70. The summed E-state index contributed by atoms with van der Waals surface area (Å²) in [4.78, 5) is 0. The second kappa shape index (κ2) is 6.64. The lowest BCUT2D eigenvalue weighted by Gasteiger charge is -2.15. The first kappa shape index (κ1) is 14.0. The SMILES string of the molecule is COCC(C)Cn1nnc(CC#N)c1C1CCOC1. The second-order valence-electron chi connectivity index (χ2n) is 5.06. The Kier molecular flexibility index (Phi) is 4.88. The molecule has 2 heterocycles. The number of rotatable bonds is 6. The van der Waals surface area contributed by atoms with Gasteiger partial charge in [-0.05, 0) is 12.3 Å². The number of hydrogen-bond donors (Lipinski definition) is 0. The van der Waals surface area contributed by atoms with Crippen molar-refractivity contribution < 1.29 is 9.47 Å². The third kappa shape index (κ3) is 3.31. The summed E-state index contributed by atoms with van der Waals surface area (Å²) in [5.41, 5.74) is 1.87. The van der Waals surface area contributed by atoms with Crippen LogP contribution in [0.4, 0.5) is 0 Å². The van der Waals surface area contributed by atoms with Gasteiger partial charge in [-0.3, -0.25) is 0 Å². The summed E-state index contributed by atoms with van der Waals surface area (Å²) >= 11 is 0. The van der Waals surface area contributed by atoms with E-state index in [2.05, 4.69) is 23.3 Å². The van der Waals surface area contributed by atoms with Crippen LogP contribution in [0.5, 0.6) is 0 Å². The first-order chi connectivity index (χ1) is 9.26. The Balaban J connectivity index is 2.19. The molecule has 1 aromatic heterocycles. The van der Waals surface area contributed by atoms with Crippen molar-refractivity contribution in [2.24, 2.45) is 5.92 Å². The van der Waals surface area contributed by atoms with E-state index in [1.807, 2.05) is 4.68 Å². The van der Waals surface area contributed by atoms with Crippen LogP contribution in [0.1, 0.15) is 30.7 Å². The number of hydrogen-bond acceptors (Lipinski definition) is 5. The monoisotopic (exact) mass is 264 g/mol. The van der Waals surface area contributed by atoms with E-state index in [0.717, 1.165) is 31.0 Å². The summed E-state index contributed by atoms with van der Waals surface area (Å²) in [5, 5.41) is 17.2. The molecule has 0 saturated carbocycles. The predicted molar refractivity (Wildman–Crippen MR) is 68.6 cm³/mol. The Hall–Kier alpha value is -1.45. The smallest absolute Gasteiger partial charge is 0.100 e. The standard InChI is InChI=1S/C13H20N4O2/c1-10(8-18-2)7-17-13(11-4-6-19-9-11)12(3-5-14)15-16-17/h10-11H,3-4,6-9H2,1-2H3. The van der Waals surface area contributed by atoms with Crippen LogP contribution in [-0.4, -0.2) is 41.9 Å². The van der Waals surface area contributed by atoms with E-state index in [0.29, 0.717) is 31.5 Å². The van der Waals surface area contributed by atoms with Gasteiger partial charge in [-0.25, -0.2) is 4.68 Å². The van der Waals surface area contributed by atoms with E-state index in [-0.39, 0.29) is 0 Å². The zero-order chi connectivity index (χ0) is 13.7. The second-order valence-corrected chi connectivity index (χ2v) is 5.06. The maximum Gasteiger partial charge on any atom is 0.100 e. The molecule has 2 unspecified atom stereocenters. The summed E-state index contributed by atoms with van der Waals surface area (Å²) in [5.74, 6) is 0.677. The maximum absolute atomic E-state index is 8.88. The fraction of sp³-hybridized carbons (Fsp3) is 0.769. The molecule has 19 heavy (non-hydrogen) atoms. The first-order valence-corrected chi connectivity index (χ1v) is 6.62. The number of methoxy groups -OCH3 is 1. The van der Waals surface area contributed by atoms with Gasteiger partial charge in [-0.15, -0.1) is 5.10 Å². The molecule has 0 spiro atoms. The lowest BCUT2D eigenvalue weighted by atomic mass is 10.0. The summed E-state index contributed by atoms with van der Waals surface area (Å²) in [6, 6.07) is 2.16. The van der Waals surface area contributed by atoms with Gasteiger partial charge in [0.1, 0.15) is 5.69 Å². The van der Waals surface area contributed by atoms with Crippen LogP contribution >= 0.6 is 0 Å². The van der Waals surface area contributed by atoms with Crippen molar-refractivity contribution in [2.45, 2.75) is 32.2 Å². The number of nitriles is 1. The van der Waals surface area contributed by atoms with Gasteiger partial charge >= 0.3 is 0 Å². The molecule has 2 atom stereocenters. The van der Waals surface area contributed by atoms with Gasteiger partial charge in [0, 0.05) is 26.2 Å². The van der Waals surface area contributed by atoms with Crippen LogP contribution < -0.4 is 0 Å². The average Bonchev–Trinajstić information content (AvgIpc) is 2.99. The molecule has 0 amide bonds. The molecule has 1 saturated heterocycles. The lowest BCUT2D eigenvalue weighted by molar-refractivity contribution is 0.148. The fourth-order valence-corrected chi connectivity index (χ4v) is 2.52.